The molecule has 2 nitrogen and oxygen atoms in total. The third-order valence-corrected chi connectivity index (χ3v) is 3.85. The van der Waals surface area contributed by atoms with Crippen LogP contribution in [0, 0.1) is 5.82 Å². The van der Waals surface area contributed by atoms with E-state index in [1.807, 2.05) is 0 Å². The highest BCUT2D eigenvalue weighted by atomic mass is 79.9. The highest BCUT2D eigenvalue weighted by Gasteiger charge is 2.45. The average molecular weight is 289 g/mol. The van der Waals surface area contributed by atoms with Gasteiger partial charge in [0.05, 0.1) is 5.60 Å². The molecule has 1 aromatic rings. The Hall–Kier alpha value is -0.450. The Labute approximate surface area is 103 Å². The van der Waals surface area contributed by atoms with Crippen molar-refractivity contribution in [1.82, 2.24) is 0 Å². The minimum Gasteiger partial charge on any atom is -0.385 e. The van der Waals surface area contributed by atoms with Gasteiger partial charge in [0.25, 0.3) is 0 Å². The summed E-state index contributed by atoms with van der Waals surface area (Å²) in [6.07, 6.45) is 1.66. The van der Waals surface area contributed by atoms with Crippen LogP contribution in [0.15, 0.2) is 22.7 Å². The predicted molar refractivity (Wildman–Crippen MR) is 62.7 cm³/mol. The van der Waals surface area contributed by atoms with Crippen molar-refractivity contribution >= 4 is 15.9 Å². The molecule has 0 saturated heterocycles. The number of methoxy groups -OCH3 is 1. The lowest BCUT2D eigenvalue weighted by atomic mass is 9.73. The summed E-state index contributed by atoms with van der Waals surface area (Å²) >= 11 is 3.27. The van der Waals surface area contributed by atoms with Gasteiger partial charge in [-0.25, -0.2) is 4.39 Å². The molecular formula is C12H14BrFO2. The van der Waals surface area contributed by atoms with Crippen LogP contribution < -0.4 is 0 Å². The molecule has 0 bridgehead atoms. The largest absolute Gasteiger partial charge is 0.385 e. The first-order chi connectivity index (χ1) is 7.59. The molecule has 0 amide bonds. The number of halogens is 2. The maximum absolute atomic E-state index is 13.6. The van der Waals surface area contributed by atoms with Gasteiger partial charge in [0.1, 0.15) is 11.9 Å². The Kier molecular flexibility index (Phi) is 3.33. The summed E-state index contributed by atoms with van der Waals surface area (Å²) in [5.41, 5.74) is -0.294. The highest BCUT2D eigenvalue weighted by Crippen LogP contribution is 2.45. The summed E-state index contributed by atoms with van der Waals surface area (Å²) in [6, 6.07) is 4.58. The van der Waals surface area contributed by atoms with E-state index in [0.717, 1.165) is 23.7 Å². The molecule has 16 heavy (non-hydrogen) atoms. The SMILES string of the molecule is COC1(C(O)c2cc(Br)ccc2F)CCC1. The first-order valence-corrected chi connectivity index (χ1v) is 6.06. The van der Waals surface area contributed by atoms with Gasteiger partial charge in [-0.1, -0.05) is 15.9 Å². The molecular weight excluding hydrogens is 275 g/mol. The van der Waals surface area contributed by atoms with Crippen molar-refractivity contribution in [2.24, 2.45) is 0 Å². The quantitative estimate of drug-likeness (QED) is 0.926. The van der Waals surface area contributed by atoms with Crippen molar-refractivity contribution in [2.75, 3.05) is 7.11 Å². The zero-order chi connectivity index (χ0) is 11.8. The summed E-state index contributed by atoms with van der Waals surface area (Å²) in [5.74, 6) is -0.390. The highest BCUT2D eigenvalue weighted by molar-refractivity contribution is 9.10. The zero-order valence-electron chi connectivity index (χ0n) is 9.04. The van der Waals surface area contributed by atoms with Crippen LogP contribution in [-0.4, -0.2) is 17.8 Å². The second-order valence-corrected chi connectivity index (χ2v) is 5.11. The molecule has 4 heteroatoms. The van der Waals surface area contributed by atoms with Crippen molar-refractivity contribution in [3.05, 3.63) is 34.1 Å². The molecule has 1 aliphatic rings. The van der Waals surface area contributed by atoms with Crippen molar-refractivity contribution in [3.8, 4) is 0 Å². The molecule has 88 valence electrons. The number of aliphatic hydroxyl groups is 1. The van der Waals surface area contributed by atoms with Gasteiger partial charge in [0.15, 0.2) is 0 Å². The fourth-order valence-corrected chi connectivity index (χ4v) is 2.50. The first kappa shape index (κ1) is 12.0. The van der Waals surface area contributed by atoms with Gasteiger partial charge in [-0.05, 0) is 37.5 Å². The summed E-state index contributed by atoms with van der Waals surface area (Å²) in [6.45, 7) is 0. The van der Waals surface area contributed by atoms with E-state index in [0.29, 0.717) is 5.56 Å². The molecule has 0 aromatic heterocycles. The molecule has 1 saturated carbocycles. The number of ether oxygens (including phenoxy) is 1. The molecule has 0 spiro atoms. The maximum Gasteiger partial charge on any atom is 0.129 e. The minimum atomic E-state index is -0.899. The third-order valence-electron chi connectivity index (χ3n) is 3.36. The van der Waals surface area contributed by atoms with Crippen LogP contribution in [0.2, 0.25) is 0 Å². The van der Waals surface area contributed by atoms with Crippen LogP contribution in [0.4, 0.5) is 4.39 Å². The lowest BCUT2D eigenvalue weighted by molar-refractivity contribution is -0.152. The fourth-order valence-electron chi connectivity index (χ4n) is 2.12. The Bertz CT molecular complexity index is 385. The lowest BCUT2D eigenvalue weighted by Gasteiger charge is -2.44. The molecule has 1 N–H and O–H groups in total. The van der Waals surface area contributed by atoms with Gasteiger partial charge < -0.3 is 9.84 Å². The van der Waals surface area contributed by atoms with Crippen LogP contribution in [0.1, 0.15) is 30.9 Å². The van der Waals surface area contributed by atoms with E-state index in [4.69, 9.17) is 4.74 Å². The van der Waals surface area contributed by atoms with Crippen LogP contribution in [0.25, 0.3) is 0 Å². The molecule has 2 rings (SSSR count). The van der Waals surface area contributed by atoms with Crippen LogP contribution in [-0.2, 0) is 4.74 Å². The summed E-state index contributed by atoms with van der Waals surface area (Å²) in [7, 11) is 1.57. The zero-order valence-corrected chi connectivity index (χ0v) is 10.6. The number of benzene rings is 1. The topological polar surface area (TPSA) is 29.5 Å². The predicted octanol–water partition coefficient (Wildman–Crippen LogP) is 3.19. The van der Waals surface area contributed by atoms with E-state index in [1.165, 1.54) is 6.07 Å². The van der Waals surface area contributed by atoms with Gasteiger partial charge in [0.2, 0.25) is 0 Å². The average Bonchev–Trinajstić information content (AvgIpc) is 2.21. The minimum absolute atomic E-state index is 0.302. The lowest BCUT2D eigenvalue weighted by Crippen LogP contribution is -2.45. The summed E-state index contributed by atoms with van der Waals surface area (Å²) in [4.78, 5) is 0. The van der Waals surface area contributed by atoms with Crippen molar-refractivity contribution in [2.45, 2.75) is 31.0 Å². The Morgan fingerprint density at radius 2 is 2.19 bits per heavy atom. The van der Waals surface area contributed by atoms with E-state index in [9.17, 15) is 9.50 Å². The molecule has 0 aliphatic heterocycles. The van der Waals surface area contributed by atoms with Crippen molar-refractivity contribution in [1.29, 1.82) is 0 Å². The molecule has 1 fully saturated rings. The molecule has 1 atom stereocenters. The van der Waals surface area contributed by atoms with Crippen LogP contribution in [0.3, 0.4) is 0 Å². The number of aliphatic hydroxyl groups excluding tert-OH is 1. The van der Waals surface area contributed by atoms with Gasteiger partial charge in [-0.15, -0.1) is 0 Å². The number of hydrogen-bond acceptors (Lipinski definition) is 2. The van der Waals surface area contributed by atoms with Crippen LogP contribution in [0.5, 0.6) is 0 Å². The monoisotopic (exact) mass is 288 g/mol. The molecule has 1 aliphatic carbocycles. The van der Waals surface area contributed by atoms with E-state index in [1.54, 1.807) is 19.2 Å². The Balaban J connectivity index is 2.32. The smallest absolute Gasteiger partial charge is 0.129 e. The normalized spacial score (nSPS) is 20.2. The van der Waals surface area contributed by atoms with Gasteiger partial charge >= 0.3 is 0 Å². The Morgan fingerprint density at radius 3 is 2.69 bits per heavy atom. The molecule has 0 heterocycles. The third kappa shape index (κ3) is 1.90. The second-order valence-electron chi connectivity index (χ2n) is 4.19. The fraction of sp³-hybridized carbons (Fsp3) is 0.500. The van der Waals surface area contributed by atoms with Gasteiger partial charge in [-0.3, -0.25) is 0 Å². The summed E-state index contributed by atoms with van der Waals surface area (Å²) in [5, 5.41) is 10.2. The van der Waals surface area contributed by atoms with Crippen molar-refractivity contribution in [3.63, 3.8) is 0 Å². The standard InChI is InChI=1S/C12H14BrFO2/c1-16-12(5-2-6-12)11(15)9-7-8(13)3-4-10(9)14/h3-4,7,11,15H,2,5-6H2,1H3. The van der Waals surface area contributed by atoms with Crippen molar-refractivity contribution < 1.29 is 14.2 Å². The number of hydrogen-bond donors (Lipinski definition) is 1. The van der Waals surface area contributed by atoms with Gasteiger partial charge in [-0.2, -0.15) is 0 Å². The first-order valence-electron chi connectivity index (χ1n) is 5.27. The Morgan fingerprint density at radius 1 is 1.50 bits per heavy atom. The van der Waals surface area contributed by atoms with E-state index >= 15 is 0 Å². The maximum atomic E-state index is 13.6. The second kappa shape index (κ2) is 4.43. The molecule has 0 radical (unpaired) electrons. The summed E-state index contributed by atoms with van der Waals surface area (Å²) < 4.78 is 19.7. The van der Waals surface area contributed by atoms with Crippen LogP contribution >= 0.6 is 15.9 Å². The van der Waals surface area contributed by atoms with E-state index in [-0.39, 0.29) is 5.82 Å². The van der Waals surface area contributed by atoms with Gasteiger partial charge in [0, 0.05) is 17.1 Å². The number of rotatable bonds is 3. The van der Waals surface area contributed by atoms with E-state index < -0.39 is 11.7 Å². The molecule has 1 unspecified atom stereocenters. The van der Waals surface area contributed by atoms with E-state index in [2.05, 4.69) is 15.9 Å². The molecule has 1 aromatic carbocycles.